The minimum atomic E-state index is -0.470. The molecule has 0 aliphatic heterocycles. The quantitative estimate of drug-likeness (QED) is 0.652. The second-order valence-corrected chi connectivity index (χ2v) is 4.67. The van der Waals surface area contributed by atoms with Crippen molar-refractivity contribution in [1.29, 1.82) is 0 Å². The van der Waals surface area contributed by atoms with Crippen molar-refractivity contribution in [2.45, 2.75) is 24.7 Å². The molecule has 0 aromatic heterocycles. The van der Waals surface area contributed by atoms with Gasteiger partial charge in [-0.25, -0.2) is 0 Å². The zero-order chi connectivity index (χ0) is 11.8. The fourth-order valence-corrected chi connectivity index (χ4v) is 2.45. The third-order valence-corrected chi connectivity index (χ3v) is 3.76. The Hall–Kier alpha value is -1.13. The molecule has 1 aliphatic rings. The molecule has 5 heteroatoms. The molecule has 0 heterocycles. The van der Waals surface area contributed by atoms with Crippen LogP contribution in [0.3, 0.4) is 0 Å². The molecule has 1 aliphatic carbocycles. The van der Waals surface area contributed by atoms with E-state index < -0.39 is 4.92 Å². The zero-order valence-electron chi connectivity index (χ0n) is 8.78. The Kier molecular flexibility index (Phi) is 2.86. The first-order chi connectivity index (χ1) is 7.59. The fraction of sp³-hybridized carbons (Fsp3) is 0.455. The molecule has 4 nitrogen and oxygen atoms in total. The summed E-state index contributed by atoms with van der Waals surface area (Å²) in [5.41, 5.74) is 6.75. The van der Waals surface area contributed by atoms with Crippen molar-refractivity contribution in [2.75, 3.05) is 6.54 Å². The maximum absolute atomic E-state index is 10.6. The van der Waals surface area contributed by atoms with Gasteiger partial charge in [-0.15, -0.1) is 0 Å². The Labute approximate surface area is 98.5 Å². The average molecular weight is 241 g/mol. The molecule has 0 radical (unpaired) electrons. The summed E-state index contributed by atoms with van der Waals surface area (Å²) < 4.78 is 0. The van der Waals surface area contributed by atoms with E-state index in [0.717, 1.165) is 24.8 Å². The van der Waals surface area contributed by atoms with E-state index in [2.05, 4.69) is 0 Å². The summed E-state index contributed by atoms with van der Waals surface area (Å²) in [6.07, 6.45) is 3.24. The van der Waals surface area contributed by atoms with Gasteiger partial charge in [0.25, 0.3) is 5.69 Å². The summed E-state index contributed by atoms with van der Waals surface area (Å²) in [5.74, 6) is 0. The van der Waals surface area contributed by atoms with Gasteiger partial charge >= 0.3 is 0 Å². The first-order valence-corrected chi connectivity index (χ1v) is 5.61. The highest BCUT2D eigenvalue weighted by molar-refractivity contribution is 6.32. The van der Waals surface area contributed by atoms with Crippen LogP contribution in [-0.2, 0) is 5.41 Å². The Balaban J connectivity index is 2.37. The second-order valence-electron chi connectivity index (χ2n) is 4.26. The van der Waals surface area contributed by atoms with Gasteiger partial charge in [-0.1, -0.05) is 24.1 Å². The standard InChI is InChI=1S/C11H13ClN2O2/c12-9-6-8(2-3-10(9)14(15)16)11(7-13)4-1-5-11/h2-3,6H,1,4-5,7,13H2. The number of benzene rings is 1. The Bertz CT molecular complexity index is 424. The highest BCUT2D eigenvalue weighted by Crippen LogP contribution is 2.44. The van der Waals surface area contributed by atoms with Crippen molar-refractivity contribution in [1.82, 2.24) is 0 Å². The third-order valence-electron chi connectivity index (χ3n) is 3.46. The number of hydrogen-bond acceptors (Lipinski definition) is 3. The number of halogens is 1. The molecule has 2 rings (SSSR count). The summed E-state index contributed by atoms with van der Waals surface area (Å²) in [6.45, 7) is 0.571. The lowest BCUT2D eigenvalue weighted by Crippen LogP contribution is -2.41. The molecule has 86 valence electrons. The molecule has 0 unspecified atom stereocenters. The first kappa shape index (κ1) is 11.4. The van der Waals surface area contributed by atoms with Crippen LogP contribution < -0.4 is 5.73 Å². The van der Waals surface area contributed by atoms with E-state index in [1.165, 1.54) is 6.07 Å². The smallest absolute Gasteiger partial charge is 0.287 e. The van der Waals surface area contributed by atoms with E-state index in [0.29, 0.717) is 6.54 Å². The SMILES string of the molecule is NCC1(c2ccc([N+](=O)[O-])c(Cl)c2)CCC1. The molecule has 1 aromatic carbocycles. The number of hydrogen-bond donors (Lipinski definition) is 1. The van der Waals surface area contributed by atoms with Gasteiger partial charge in [0.1, 0.15) is 5.02 Å². The topological polar surface area (TPSA) is 69.2 Å². The molecule has 1 aromatic rings. The van der Waals surface area contributed by atoms with Gasteiger partial charge < -0.3 is 5.73 Å². The van der Waals surface area contributed by atoms with E-state index in [-0.39, 0.29) is 16.1 Å². The van der Waals surface area contributed by atoms with E-state index in [9.17, 15) is 10.1 Å². The number of nitrogens with two attached hydrogens (primary N) is 1. The predicted molar refractivity (Wildman–Crippen MR) is 62.7 cm³/mol. The van der Waals surface area contributed by atoms with Crippen LogP contribution in [0, 0.1) is 10.1 Å². The molecule has 0 amide bonds. The second kappa shape index (κ2) is 4.03. The van der Waals surface area contributed by atoms with E-state index in [1.54, 1.807) is 12.1 Å². The molecule has 2 N–H and O–H groups in total. The lowest BCUT2D eigenvalue weighted by Gasteiger charge is -2.41. The first-order valence-electron chi connectivity index (χ1n) is 5.23. The van der Waals surface area contributed by atoms with Crippen LogP contribution >= 0.6 is 11.6 Å². The van der Waals surface area contributed by atoms with Crippen LogP contribution in [0.4, 0.5) is 5.69 Å². The van der Waals surface area contributed by atoms with Crippen molar-refractivity contribution >= 4 is 17.3 Å². The molecule has 0 saturated heterocycles. The van der Waals surface area contributed by atoms with Crippen molar-refractivity contribution in [3.63, 3.8) is 0 Å². The molecule has 16 heavy (non-hydrogen) atoms. The van der Waals surface area contributed by atoms with Crippen LogP contribution in [0.5, 0.6) is 0 Å². The molecular formula is C11H13ClN2O2. The lowest BCUT2D eigenvalue weighted by atomic mass is 9.64. The number of rotatable bonds is 3. The Morgan fingerprint density at radius 1 is 1.50 bits per heavy atom. The summed E-state index contributed by atoms with van der Waals surface area (Å²) in [4.78, 5) is 10.2. The van der Waals surface area contributed by atoms with Crippen molar-refractivity contribution in [3.05, 3.63) is 38.9 Å². The van der Waals surface area contributed by atoms with Gasteiger partial charge in [-0.05, 0) is 24.5 Å². The third kappa shape index (κ3) is 1.68. The van der Waals surface area contributed by atoms with Crippen molar-refractivity contribution in [3.8, 4) is 0 Å². The minimum Gasteiger partial charge on any atom is -0.330 e. The van der Waals surface area contributed by atoms with Crippen LogP contribution in [0.1, 0.15) is 24.8 Å². The number of nitrogens with zero attached hydrogens (tertiary/aromatic N) is 1. The summed E-state index contributed by atoms with van der Waals surface area (Å²) in [7, 11) is 0. The van der Waals surface area contributed by atoms with Gasteiger partial charge in [-0.2, -0.15) is 0 Å². The van der Waals surface area contributed by atoms with Gasteiger partial charge in [0, 0.05) is 18.0 Å². The van der Waals surface area contributed by atoms with Gasteiger partial charge in [0.2, 0.25) is 0 Å². The van der Waals surface area contributed by atoms with Crippen LogP contribution in [0.2, 0.25) is 5.02 Å². The Morgan fingerprint density at radius 3 is 2.56 bits per heavy atom. The molecule has 0 atom stereocenters. The molecule has 1 fully saturated rings. The summed E-state index contributed by atoms with van der Waals surface area (Å²) in [6, 6.07) is 4.93. The van der Waals surface area contributed by atoms with E-state index >= 15 is 0 Å². The highest BCUT2D eigenvalue weighted by atomic mass is 35.5. The summed E-state index contributed by atoms with van der Waals surface area (Å²) >= 11 is 5.89. The number of nitro groups is 1. The van der Waals surface area contributed by atoms with Gasteiger partial charge in [-0.3, -0.25) is 10.1 Å². The maximum Gasteiger partial charge on any atom is 0.287 e. The highest BCUT2D eigenvalue weighted by Gasteiger charge is 2.37. The molecule has 0 bridgehead atoms. The molecule has 0 spiro atoms. The van der Waals surface area contributed by atoms with Crippen molar-refractivity contribution in [2.24, 2.45) is 5.73 Å². The predicted octanol–water partition coefficient (Wildman–Crippen LogP) is 2.63. The minimum absolute atomic E-state index is 0.00122. The molecular weight excluding hydrogens is 228 g/mol. The zero-order valence-corrected chi connectivity index (χ0v) is 9.54. The van der Waals surface area contributed by atoms with Gasteiger partial charge in [0.05, 0.1) is 4.92 Å². The normalized spacial score (nSPS) is 17.9. The largest absolute Gasteiger partial charge is 0.330 e. The number of nitro benzene ring substituents is 1. The lowest BCUT2D eigenvalue weighted by molar-refractivity contribution is -0.384. The van der Waals surface area contributed by atoms with E-state index in [4.69, 9.17) is 17.3 Å². The van der Waals surface area contributed by atoms with Crippen molar-refractivity contribution < 1.29 is 4.92 Å². The van der Waals surface area contributed by atoms with Crippen LogP contribution in [0.25, 0.3) is 0 Å². The maximum atomic E-state index is 10.6. The summed E-state index contributed by atoms with van der Waals surface area (Å²) in [5, 5.41) is 10.8. The molecule has 1 saturated carbocycles. The fourth-order valence-electron chi connectivity index (χ4n) is 2.20. The Morgan fingerprint density at radius 2 is 2.19 bits per heavy atom. The average Bonchev–Trinajstić information content (AvgIpc) is 2.16. The van der Waals surface area contributed by atoms with Gasteiger partial charge in [0.15, 0.2) is 0 Å². The van der Waals surface area contributed by atoms with Crippen LogP contribution in [0.15, 0.2) is 18.2 Å². The monoisotopic (exact) mass is 240 g/mol. The van der Waals surface area contributed by atoms with Crippen LogP contribution in [-0.4, -0.2) is 11.5 Å². The van der Waals surface area contributed by atoms with E-state index in [1.807, 2.05) is 0 Å².